The van der Waals surface area contributed by atoms with E-state index in [1.807, 2.05) is 29.2 Å². The van der Waals surface area contributed by atoms with Gasteiger partial charge < -0.3 is 14.2 Å². The number of fused-ring (bicyclic) bond motifs is 1. The van der Waals surface area contributed by atoms with Gasteiger partial charge in [-0.2, -0.15) is 0 Å². The van der Waals surface area contributed by atoms with Gasteiger partial charge in [-0.25, -0.2) is 4.98 Å². The molecule has 1 saturated heterocycles. The fourth-order valence-corrected chi connectivity index (χ4v) is 6.42. The minimum atomic E-state index is 0.0841. The lowest BCUT2D eigenvalue weighted by Crippen LogP contribution is -2.25. The Morgan fingerprint density at radius 2 is 1.32 bits per heavy atom. The zero-order valence-corrected chi connectivity index (χ0v) is 25.8. The van der Waals surface area contributed by atoms with Crippen molar-refractivity contribution < 1.29 is 9.53 Å². The molecule has 1 amide bonds. The van der Waals surface area contributed by atoms with E-state index in [2.05, 4.69) is 35.8 Å². The number of amides is 1. The molecular formula is C36H53N3O2. The third-order valence-corrected chi connectivity index (χ3v) is 8.79. The molecule has 1 aromatic heterocycles. The van der Waals surface area contributed by atoms with Gasteiger partial charge in [0.2, 0.25) is 5.91 Å². The van der Waals surface area contributed by atoms with Gasteiger partial charge in [0.25, 0.3) is 0 Å². The van der Waals surface area contributed by atoms with Crippen LogP contribution in [0.3, 0.4) is 0 Å². The van der Waals surface area contributed by atoms with Crippen molar-refractivity contribution in [3.8, 4) is 5.75 Å². The highest BCUT2D eigenvalue weighted by molar-refractivity contribution is 5.97. The number of nitrogens with zero attached hydrogens (tertiary/aromatic N) is 3. The maximum atomic E-state index is 13.1. The SMILES string of the molecule is CCCCCCCCCCCCCCCCCCn1c([C@@H]2CC(=O)N(c3ccccc3OC)C2)nc2ccccc21. The van der Waals surface area contributed by atoms with Crippen LogP contribution in [0, 0.1) is 0 Å². The van der Waals surface area contributed by atoms with E-state index in [1.165, 1.54) is 102 Å². The predicted octanol–water partition coefficient (Wildman–Crippen LogP) is 9.83. The Hall–Kier alpha value is -2.82. The fourth-order valence-electron chi connectivity index (χ4n) is 6.42. The van der Waals surface area contributed by atoms with E-state index in [4.69, 9.17) is 9.72 Å². The van der Waals surface area contributed by atoms with Crippen LogP contribution in [0.15, 0.2) is 48.5 Å². The van der Waals surface area contributed by atoms with Crippen molar-refractivity contribution in [1.82, 2.24) is 9.55 Å². The van der Waals surface area contributed by atoms with Crippen molar-refractivity contribution in [2.24, 2.45) is 0 Å². The molecule has 0 spiro atoms. The maximum absolute atomic E-state index is 13.1. The number of carbonyl (C=O) groups excluding carboxylic acids is 1. The van der Waals surface area contributed by atoms with Gasteiger partial charge in [0.05, 0.1) is 23.8 Å². The molecule has 1 atom stereocenters. The number of methoxy groups -OCH3 is 1. The minimum Gasteiger partial charge on any atom is -0.495 e. The van der Waals surface area contributed by atoms with E-state index in [-0.39, 0.29) is 11.8 Å². The van der Waals surface area contributed by atoms with Gasteiger partial charge in [-0.1, -0.05) is 128 Å². The lowest BCUT2D eigenvalue weighted by atomic mass is 10.0. The lowest BCUT2D eigenvalue weighted by molar-refractivity contribution is -0.117. The standard InChI is InChI=1S/C36H53N3O2/c1-3-4-5-6-7-8-9-10-11-12-13-14-15-16-17-22-27-38-32-24-19-18-23-31(32)37-36(38)30-28-35(40)39(29-30)33-25-20-21-26-34(33)41-2/h18-21,23-26,30H,3-17,22,27-29H2,1-2H3/t30-/m1/s1. The fraction of sp³-hybridized carbons (Fsp3) is 0.611. The molecule has 2 heterocycles. The van der Waals surface area contributed by atoms with Gasteiger partial charge in [0, 0.05) is 25.4 Å². The van der Waals surface area contributed by atoms with E-state index < -0.39 is 0 Å². The summed E-state index contributed by atoms with van der Waals surface area (Å²) < 4.78 is 7.94. The highest BCUT2D eigenvalue weighted by Crippen LogP contribution is 2.37. The first kappa shape index (κ1) is 31.1. The average Bonchev–Trinajstić information content (AvgIpc) is 3.57. The highest BCUT2D eigenvalue weighted by atomic mass is 16.5. The van der Waals surface area contributed by atoms with Crippen molar-refractivity contribution in [3.63, 3.8) is 0 Å². The summed E-state index contributed by atoms with van der Waals surface area (Å²) in [6, 6.07) is 16.2. The molecule has 0 N–H and O–H groups in total. The number of unbranched alkanes of at least 4 members (excludes halogenated alkanes) is 15. The number of imidazole rings is 1. The molecule has 1 aliphatic rings. The summed E-state index contributed by atoms with van der Waals surface area (Å²) in [4.78, 5) is 20.0. The second-order valence-corrected chi connectivity index (χ2v) is 12.0. The van der Waals surface area contributed by atoms with Gasteiger partial charge in [-0.3, -0.25) is 4.79 Å². The van der Waals surface area contributed by atoms with Crippen molar-refractivity contribution in [1.29, 1.82) is 0 Å². The summed E-state index contributed by atoms with van der Waals surface area (Å²) in [7, 11) is 1.66. The predicted molar refractivity (Wildman–Crippen MR) is 172 cm³/mol. The van der Waals surface area contributed by atoms with Gasteiger partial charge in [0.1, 0.15) is 11.6 Å². The van der Waals surface area contributed by atoms with E-state index in [9.17, 15) is 4.79 Å². The third-order valence-electron chi connectivity index (χ3n) is 8.79. The quantitative estimate of drug-likeness (QED) is 0.129. The Kier molecular flexibility index (Phi) is 13.1. The molecule has 41 heavy (non-hydrogen) atoms. The zero-order valence-electron chi connectivity index (χ0n) is 25.8. The minimum absolute atomic E-state index is 0.0841. The molecule has 2 aromatic carbocycles. The second kappa shape index (κ2) is 17.2. The molecule has 1 aliphatic heterocycles. The molecule has 5 nitrogen and oxygen atoms in total. The molecule has 224 valence electrons. The summed E-state index contributed by atoms with van der Waals surface area (Å²) in [6.45, 7) is 3.90. The Morgan fingerprint density at radius 3 is 1.95 bits per heavy atom. The van der Waals surface area contributed by atoms with Gasteiger partial charge in [-0.05, 0) is 30.7 Å². The smallest absolute Gasteiger partial charge is 0.227 e. The van der Waals surface area contributed by atoms with Crippen LogP contribution >= 0.6 is 0 Å². The van der Waals surface area contributed by atoms with Crippen molar-refractivity contribution in [2.75, 3.05) is 18.6 Å². The number of rotatable bonds is 20. The normalized spacial score (nSPS) is 15.3. The monoisotopic (exact) mass is 559 g/mol. The number of ether oxygens (including phenoxy) is 1. The van der Waals surface area contributed by atoms with Crippen LogP contribution in [0.1, 0.15) is 128 Å². The summed E-state index contributed by atoms with van der Waals surface area (Å²) in [6.07, 6.45) is 22.5. The number of hydrogen-bond acceptors (Lipinski definition) is 3. The molecule has 0 radical (unpaired) electrons. The van der Waals surface area contributed by atoms with Crippen LogP contribution < -0.4 is 9.64 Å². The molecule has 0 bridgehead atoms. The van der Waals surface area contributed by atoms with Gasteiger partial charge in [0.15, 0.2) is 0 Å². The maximum Gasteiger partial charge on any atom is 0.227 e. The Labute approximate surface area is 248 Å². The summed E-state index contributed by atoms with van der Waals surface area (Å²) in [5.74, 6) is 2.02. The number of benzene rings is 2. The molecule has 5 heteroatoms. The number of aryl methyl sites for hydroxylation is 1. The third kappa shape index (κ3) is 9.08. The van der Waals surface area contributed by atoms with Gasteiger partial charge >= 0.3 is 0 Å². The molecule has 0 saturated carbocycles. The van der Waals surface area contributed by atoms with Crippen LogP contribution in [-0.4, -0.2) is 29.1 Å². The summed E-state index contributed by atoms with van der Waals surface area (Å²) >= 11 is 0. The van der Waals surface area contributed by atoms with Crippen molar-refractivity contribution >= 4 is 22.6 Å². The lowest BCUT2D eigenvalue weighted by Gasteiger charge is -2.19. The summed E-state index contributed by atoms with van der Waals surface area (Å²) in [5, 5.41) is 0. The molecule has 0 aliphatic carbocycles. The number of anilines is 1. The van der Waals surface area contributed by atoms with Crippen molar-refractivity contribution in [3.05, 3.63) is 54.4 Å². The number of hydrogen-bond donors (Lipinski definition) is 0. The Bertz CT molecular complexity index is 1190. The second-order valence-electron chi connectivity index (χ2n) is 12.0. The highest BCUT2D eigenvalue weighted by Gasteiger charge is 2.35. The molecule has 0 unspecified atom stereocenters. The van der Waals surface area contributed by atoms with E-state index in [0.717, 1.165) is 35.7 Å². The first-order valence-electron chi connectivity index (χ1n) is 16.6. The number of carbonyl (C=O) groups is 1. The first-order chi connectivity index (χ1) is 20.2. The molecule has 4 rings (SSSR count). The molecular weight excluding hydrogens is 506 g/mol. The number of aromatic nitrogens is 2. The van der Waals surface area contributed by atoms with E-state index in [0.29, 0.717) is 13.0 Å². The first-order valence-corrected chi connectivity index (χ1v) is 16.6. The van der Waals surface area contributed by atoms with Crippen LogP contribution in [0.5, 0.6) is 5.75 Å². The molecule has 3 aromatic rings. The Morgan fingerprint density at radius 1 is 0.756 bits per heavy atom. The zero-order chi connectivity index (χ0) is 28.7. The number of para-hydroxylation sites is 4. The molecule has 1 fully saturated rings. The van der Waals surface area contributed by atoms with Crippen LogP contribution in [0.25, 0.3) is 11.0 Å². The largest absolute Gasteiger partial charge is 0.495 e. The van der Waals surface area contributed by atoms with E-state index in [1.54, 1.807) is 7.11 Å². The van der Waals surface area contributed by atoms with Crippen molar-refractivity contribution in [2.45, 2.75) is 129 Å². The topological polar surface area (TPSA) is 47.4 Å². The Balaban J connectivity index is 1.18. The van der Waals surface area contributed by atoms with Crippen LogP contribution in [0.4, 0.5) is 5.69 Å². The average molecular weight is 560 g/mol. The van der Waals surface area contributed by atoms with E-state index >= 15 is 0 Å². The van der Waals surface area contributed by atoms with Gasteiger partial charge in [-0.15, -0.1) is 0 Å². The van der Waals surface area contributed by atoms with Crippen LogP contribution in [-0.2, 0) is 11.3 Å². The summed E-state index contributed by atoms with van der Waals surface area (Å²) in [5.41, 5.74) is 3.07. The van der Waals surface area contributed by atoms with Crippen LogP contribution in [0.2, 0.25) is 0 Å².